The van der Waals surface area contributed by atoms with Crippen LogP contribution in [-0.4, -0.2) is 16.4 Å². The van der Waals surface area contributed by atoms with E-state index < -0.39 is 0 Å². The molecular weight excluding hydrogens is 230 g/mol. The number of carbonyl (C=O) groups excluding carboxylic acids is 1. The Morgan fingerprint density at radius 2 is 2.11 bits per heavy atom. The Balaban J connectivity index is 1.81. The second kappa shape index (κ2) is 5.10. The van der Waals surface area contributed by atoms with Crippen LogP contribution in [0.4, 0.5) is 0 Å². The number of nitrogens with zero attached hydrogens (tertiary/aromatic N) is 1. The Labute approximate surface area is 107 Å². The molecule has 5 nitrogen and oxygen atoms in total. The van der Waals surface area contributed by atoms with Crippen LogP contribution in [0.2, 0.25) is 0 Å². The van der Waals surface area contributed by atoms with E-state index in [-0.39, 0.29) is 11.4 Å². The van der Waals surface area contributed by atoms with E-state index in [0.29, 0.717) is 18.9 Å². The highest BCUT2D eigenvalue weighted by atomic mass is 16.4. The van der Waals surface area contributed by atoms with E-state index in [1.807, 2.05) is 13.8 Å². The van der Waals surface area contributed by atoms with Crippen LogP contribution >= 0.6 is 0 Å². The predicted molar refractivity (Wildman–Crippen MR) is 67.8 cm³/mol. The number of aryl methyl sites for hydroxylation is 2. The molecule has 3 N–H and O–H groups in total. The van der Waals surface area contributed by atoms with Crippen molar-refractivity contribution in [2.24, 2.45) is 5.73 Å². The zero-order valence-corrected chi connectivity index (χ0v) is 11.1. The lowest BCUT2D eigenvalue weighted by Crippen LogP contribution is -2.42. The van der Waals surface area contributed by atoms with Gasteiger partial charge in [0.15, 0.2) is 0 Å². The van der Waals surface area contributed by atoms with Gasteiger partial charge in [-0.1, -0.05) is 12.8 Å². The van der Waals surface area contributed by atoms with Gasteiger partial charge in [0.2, 0.25) is 11.8 Å². The van der Waals surface area contributed by atoms with Crippen molar-refractivity contribution in [2.45, 2.75) is 58.0 Å². The van der Waals surface area contributed by atoms with Crippen LogP contribution in [0.5, 0.6) is 0 Å². The number of amides is 1. The maximum absolute atomic E-state index is 11.8. The fourth-order valence-electron chi connectivity index (χ4n) is 2.43. The Hall–Kier alpha value is -1.36. The first kappa shape index (κ1) is 13.1. The number of hydrogen-bond acceptors (Lipinski definition) is 4. The molecule has 1 aromatic heterocycles. The van der Waals surface area contributed by atoms with E-state index in [1.54, 1.807) is 0 Å². The summed E-state index contributed by atoms with van der Waals surface area (Å²) in [7, 11) is 0. The average molecular weight is 251 g/mol. The molecule has 0 aromatic carbocycles. The number of oxazole rings is 1. The Morgan fingerprint density at radius 3 is 2.67 bits per heavy atom. The highest BCUT2D eigenvalue weighted by Crippen LogP contribution is 2.29. The summed E-state index contributed by atoms with van der Waals surface area (Å²) in [5.41, 5.74) is 6.72. The molecule has 18 heavy (non-hydrogen) atoms. The molecular formula is C13H21N3O2. The maximum atomic E-state index is 11.8. The molecule has 0 saturated heterocycles. The fourth-order valence-corrected chi connectivity index (χ4v) is 2.43. The van der Waals surface area contributed by atoms with Crippen LogP contribution in [0, 0.1) is 13.8 Å². The minimum absolute atomic E-state index is 0.0205. The van der Waals surface area contributed by atoms with Crippen LogP contribution in [0.3, 0.4) is 0 Å². The SMILES string of the molecule is Cc1nc(CNC(=O)CC2(N)CCCC2)oc1C. The summed E-state index contributed by atoms with van der Waals surface area (Å²) in [5.74, 6) is 1.33. The molecule has 0 atom stereocenters. The van der Waals surface area contributed by atoms with Gasteiger partial charge in [-0.15, -0.1) is 0 Å². The van der Waals surface area contributed by atoms with E-state index in [1.165, 1.54) is 0 Å². The number of rotatable bonds is 4. The van der Waals surface area contributed by atoms with Crippen molar-refractivity contribution < 1.29 is 9.21 Å². The quantitative estimate of drug-likeness (QED) is 0.851. The summed E-state index contributed by atoms with van der Waals surface area (Å²) in [6.07, 6.45) is 4.53. The number of nitrogens with one attached hydrogen (secondary N) is 1. The van der Waals surface area contributed by atoms with Crippen LogP contribution in [-0.2, 0) is 11.3 Å². The van der Waals surface area contributed by atoms with Gasteiger partial charge in [0.1, 0.15) is 5.76 Å². The van der Waals surface area contributed by atoms with Crippen LogP contribution in [0.15, 0.2) is 4.42 Å². The molecule has 5 heteroatoms. The molecule has 0 unspecified atom stereocenters. The minimum Gasteiger partial charge on any atom is -0.444 e. The molecule has 0 radical (unpaired) electrons. The molecule has 0 aliphatic heterocycles. The number of nitrogens with two attached hydrogens (primary N) is 1. The summed E-state index contributed by atoms with van der Waals surface area (Å²) < 4.78 is 5.40. The van der Waals surface area contributed by atoms with Gasteiger partial charge in [-0.25, -0.2) is 4.98 Å². The second-order valence-corrected chi connectivity index (χ2v) is 5.27. The molecule has 2 rings (SSSR count). The second-order valence-electron chi connectivity index (χ2n) is 5.27. The number of carbonyl (C=O) groups is 1. The zero-order chi connectivity index (χ0) is 13.2. The molecule has 1 saturated carbocycles. The molecule has 1 aromatic rings. The van der Waals surface area contributed by atoms with Gasteiger partial charge in [0.25, 0.3) is 0 Å². The van der Waals surface area contributed by atoms with Gasteiger partial charge in [-0.3, -0.25) is 4.79 Å². The molecule has 0 bridgehead atoms. The minimum atomic E-state index is -0.299. The van der Waals surface area contributed by atoms with Crippen LogP contribution < -0.4 is 11.1 Å². The molecule has 1 fully saturated rings. The van der Waals surface area contributed by atoms with Gasteiger partial charge in [-0.2, -0.15) is 0 Å². The monoisotopic (exact) mass is 251 g/mol. The van der Waals surface area contributed by atoms with E-state index in [2.05, 4.69) is 10.3 Å². The predicted octanol–water partition coefficient (Wildman–Crippen LogP) is 1.57. The highest BCUT2D eigenvalue weighted by Gasteiger charge is 2.31. The summed E-state index contributed by atoms with van der Waals surface area (Å²) in [5, 5.41) is 2.82. The van der Waals surface area contributed by atoms with Crippen molar-refractivity contribution >= 4 is 5.91 Å². The Morgan fingerprint density at radius 1 is 1.44 bits per heavy atom. The van der Waals surface area contributed by atoms with Crippen molar-refractivity contribution in [1.82, 2.24) is 10.3 Å². The molecule has 1 heterocycles. The normalized spacial score (nSPS) is 17.9. The van der Waals surface area contributed by atoms with E-state index >= 15 is 0 Å². The summed E-state index contributed by atoms with van der Waals surface area (Å²) in [6, 6.07) is 0. The summed E-state index contributed by atoms with van der Waals surface area (Å²) in [6.45, 7) is 4.09. The zero-order valence-electron chi connectivity index (χ0n) is 11.1. The van der Waals surface area contributed by atoms with Crippen LogP contribution in [0.1, 0.15) is 49.4 Å². The van der Waals surface area contributed by atoms with Crippen molar-refractivity contribution in [2.75, 3.05) is 0 Å². The third-order valence-corrected chi connectivity index (χ3v) is 3.62. The first-order chi connectivity index (χ1) is 8.48. The van der Waals surface area contributed by atoms with Gasteiger partial charge < -0.3 is 15.5 Å². The first-order valence-corrected chi connectivity index (χ1v) is 6.47. The maximum Gasteiger partial charge on any atom is 0.222 e. The summed E-state index contributed by atoms with van der Waals surface area (Å²) >= 11 is 0. The largest absolute Gasteiger partial charge is 0.444 e. The van der Waals surface area contributed by atoms with E-state index in [9.17, 15) is 4.79 Å². The molecule has 1 aliphatic rings. The van der Waals surface area contributed by atoms with E-state index in [4.69, 9.17) is 10.2 Å². The fraction of sp³-hybridized carbons (Fsp3) is 0.692. The lowest BCUT2D eigenvalue weighted by Gasteiger charge is -2.22. The van der Waals surface area contributed by atoms with Crippen molar-refractivity contribution in [3.05, 3.63) is 17.3 Å². The first-order valence-electron chi connectivity index (χ1n) is 6.47. The van der Waals surface area contributed by atoms with Crippen molar-refractivity contribution in [3.8, 4) is 0 Å². The average Bonchev–Trinajstić information content (AvgIpc) is 2.84. The highest BCUT2D eigenvalue weighted by molar-refractivity contribution is 5.77. The van der Waals surface area contributed by atoms with E-state index in [0.717, 1.165) is 37.1 Å². The van der Waals surface area contributed by atoms with Gasteiger partial charge >= 0.3 is 0 Å². The van der Waals surface area contributed by atoms with Gasteiger partial charge in [-0.05, 0) is 26.7 Å². The molecule has 1 amide bonds. The van der Waals surface area contributed by atoms with Crippen molar-refractivity contribution in [1.29, 1.82) is 0 Å². The van der Waals surface area contributed by atoms with Crippen LogP contribution in [0.25, 0.3) is 0 Å². The summed E-state index contributed by atoms with van der Waals surface area (Å²) in [4.78, 5) is 16.0. The number of hydrogen-bond donors (Lipinski definition) is 2. The van der Waals surface area contributed by atoms with Gasteiger partial charge in [0, 0.05) is 12.0 Å². The number of aromatic nitrogens is 1. The lowest BCUT2D eigenvalue weighted by molar-refractivity contribution is -0.122. The van der Waals surface area contributed by atoms with Crippen molar-refractivity contribution in [3.63, 3.8) is 0 Å². The van der Waals surface area contributed by atoms with Gasteiger partial charge in [0.05, 0.1) is 12.2 Å². The third-order valence-electron chi connectivity index (χ3n) is 3.62. The Kier molecular flexibility index (Phi) is 3.71. The molecule has 100 valence electrons. The smallest absolute Gasteiger partial charge is 0.222 e. The topological polar surface area (TPSA) is 81.2 Å². The Bertz CT molecular complexity index is 414. The standard InChI is InChI=1S/C13H21N3O2/c1-9-10(2)18-12(16-9)8-15-11(17)7-13(14)5-3-4-6-13/h3-8,14H2,1-2H3,(H,15,17). The molecule has 0 spiro atoms. The lowest BCUT2D eigenvalue weighted by atomic mass is 9.94. The molecule has 1 aliphatic carbocycles. The third kappa shape index (κ3) is 3.10.